The monoisotopic (exact) mass is 485 g/mol. The van der Waals surface area contributed by atoms with Gasteiger partial charge in [-0.1, -0.05) is 52.2 Å². The Kier molecular flexibility index (Phi) is 8.05. The van der Waals surface area contributed by atoms with Crippen LogP contribution in [0.2, 0.25) is 0 Å². The summed E-state index contributed by atoms with van der Waals surface area (Å²) in [7, 11) is -1.86. The average Bonchev–Trinajstić information content (AvgIpc) is 2.86. The molecule has 3 atom stereocenters. The molecule has 8 nitrogen and oxygen atoms in total. The van der Waals surface area contributed by atoms with Crippen molar-refractivity contribution in [3.05, 3.63) is 58.1 Å². The summed E-state index contributed by atoms with van der Waals surface area (Å²) in [5.74, 6) is -2.37. The minimum Gasteiger partial charge on any atom is -0.426 e. The molecule has 35 heavy (non-hydrogen) atoms. The fraction of sp³-hybridized carbons (Fsp3) is 0.538. The molecule has 4 N–H and O–H groups in total. The van der Waals surface area contributed by atoms with Gasteiger partial charge >= 0.3 is 7.12 Å². The lowest BCUT2D eigenvalue weighted by atomic mass is 9.59. The van der Waals surface area contributed by atoms with Crippen molar-refractivity contribution in [2.45, 2.75) is 80.2 Å². The van der Waals surface area contributed by atoms with Crippen LogP contribution in [0.25, 0.3) is 0 Å². The van der Waals surface area contributed by atoms with E-state index in [-0.39, 0.29) is 36.2 Å². The highest BCUT2D eigenvalue weighted by molar-refractivity contribution is 6.44. The first kappa shape index (κ1) is 23.9. The highest BCUT2D eigenvalue weighted by Crippen LogP contribution is 2.33. The smallest absolute Gasteiger partial charge is 0.426 e. The lowest BCUT2D eigenvalue weighted by Gasteiger charge is -2.39. The molecule has 0 spiro atoms. The Morgan fingerprint density at radius 2 is 1.80 bits per heavy atom. The molecule has 1 aromatic heterocycles. The molecule has 0 aliphatic carbocycles. The summed E-state index contributed by atoms with van der Waals surface area (Å²) in [6.45, 7) is 14.4. The molecule has 1 unspecified atom stereocenters. The molecule has 1 aromatic carbocycles. The van der Waals surface area contributed by atoms with Gasteiger partial charge in [0.25, 0.3) is 5.91 Å². The molecule has 190 valence electrons. The van der Waals surface area contributed by atoms with Crippen molar-refractivity contribution in [2.75, 3.05) is 0 Å². The van der Waals surface area contributed by atoms with Crippen molar-refractivity contribution in [1.29, 1.82) is 0 Å². The second-order valence-corrected chi connectivity index (χ2v) is 9.79. The van der Waals surface area contributed by atoms with Gasteiger partial charge in [0.1, 0.15) is 11.7 Å². The van der Waals surface area contributed by atoms with Gasteiger partial charge in [0.15, 0.2) is 0 Å². The van der Waals surface area contributed by atoms with E-state index in [0.717, 1.165) is 6.42 Å². The number of rotatable bonds is 10. The molecule has 1 heterocycles. The van der Waals surface area contributed by atoms with Crippen LogP contribution >= 0.6 is 0 Å². The Morgan fingerprint density at radius 3 is 2.37 bits per heavy atom. The van der Waals surface area contributed by atoms with Crippen LogP contribution < -0.4 is 10.6 Å². The Hall–Kier alpha value is -2.78. The van der Waals surface area contributed by atoms with E-state index in [1.54, 1.807) is 27.7 Å². The summed E-state index contributed by atoms with van der Waals surface area (Å²) in [5, 5.41) is 25.7. The van der Waals surface area contributed by atoms with Gasteiger partial charge in [-0.2, -0.15) is 0 Å². The van der Waals surface area contributed by atoms with Crippen LogP contribution in [-0.4, -0.2) is 50.9 Å². The Morgan fingerprint density at radius 1 is 1.14 bits per heavy atom. The number of aromatic nitrogens is 2. The van der Waals surface area contributed by atoms with Crippen LogP contribution in [0.15, 0.2) is 24.3 Å². The van der Waals surface area contributed by atoms with E-state index >= 15 is 0 Å². The molecular weight excluding hydrogens is 443 g/mol. The Bertz CT molecular complexity index is 1180. The zero-order valence-electron chi connectivity index (χ0n) is 24.9. The third kappa shape index (κ3) is 6.89. The maximum Gasteiger partial charge on any atom is 0.476 e. The summed E-state index contributed by atoms with van der Waals surface area (Å²) in [6.07, 6.45) is 1.90. The van der Waals surface area contributed by atoms with E-state index in [9.17, 15) is 19.6 Å². The van der Waals surface area contributed by atoms with E-state index in [4.69, 9.17) is 4.11 Å². The average molecular weight is 485 g/mol. The van der Waals surface area contributed by atoms with Gasteiger partial charge in [-0.15, -0.1) is 0 Å². The maximum atomic E-state index is 13.6. The summed E-state index contributed by atoms with van der Waals surface area (Å²) in [4.78, 5) is 35.2. The number of carbonyl (C=O) groups is 2. The van der Waals surface area contributed by atoms with Crippen LogP contribution in [0.4, 0.5) is 0 Å². The number of nitrogens with zero attached hydrogens (tertiary/aromatic N) is 2. The Labute approximate surface area is 213 Å². The molecule has 0 aliphatic heterocycles. The summed E-state index contributed by atoms with van der Waals surface area (Å²) >= 11 is 0. The van der Waals surface area contributed by atoms with Gasteiger partial charge in [-0.05, 0) is 55.7 Å². The number of hydrogen-bond acceptors (Lipinski definition) is 6. The standard InChI is InChI=1S/C26H39BN4O4/c1-9-16(3)26(7,8)25(27(34)35)31-23(32)21(13-20-12-10-11-15(2)17(20)4)30-24(33)22-14-28-18(5)19(6)29-22/h10-12,14,16,21,25,34-35H,9,13H2,1-8H3,(H,30,33)(H,31,32)/t16?,21-,25-/m0/s1/i10D,11D,12D. The topological polar surface area (TPSA) is 124 Å². The normalized spacial score (nSPS) is 15.3. The number of aryl methyl sites for hydroxylation is 2. The molecule has 0 saturated carbocycles. The quantitative estimate of drug-likeness (QED) is 0.384. The molecule has 2 aromatic rings. The summed E-state index contributed by atoms with van der Waals surface area (Å²) in [6, 6.07) is -1.77. The van der Waals surface area contributed by atoms with Crippen LogP contribution in [0.5, 0.6) is 0 Å². The fourth-order valence-corrected chi connectivity index (χ4v) is 3.85. The predicted molar refractivity (Wildman–Crippen MR) is 138 cm³/mol. The summed E-state index contributed by atoms with van der Waals surface area (Å²) < 4.78 is 24.7. The van der Waals surface area contributed by atoms with E-state index in [2.05, 4.69) is 20.6 Å². The second kappa shape index (κ2) is 11.8. The van der Waals surface area contributed by atoms with Crippen molar-refractivity contribution in [3.63, 3.8) is 0 Å². The van der Waals surface area contributed by atoms with Gasteiger partial charge in [0.2, 0.25) is 5.91 Å². The van der Waals surface area contributed by atoms with Gasteiger partial charge in [0, 0.05) is 6.42 Å². The number of amides is 2. The highest BCUT2D eigenvalue weighted by atomic mass is 16.4. The van der Waals surface area contributed by atoms with Crippen LogP contribution in [0.3, 0.4) is 0 Å². The van der Waals surface area contributed by atoms with Crippen LogP contribution in [-0.2, 0) is 11.2 Å². The van der Waals surface area contributed by atoms with Crippen molar-refractivity contribution < 1.29 is 23.7 Å². The van der Waals surface area contributed by atoms with Crippen LogP contribution in [0, 0.1) is 39.0 Å². The van der Waals surface area contributed by atoms with E-state index in [0.29, 0.717) is 28.1 Å². The zero-order valence-corrected chi connectivity index (χ0v) is 21.9. The van der Waals surface area contributed by atoms with Gasteiger partial charge < -0.3 is 20.7 Å². The third-order valence-electron chi connectivity index (χ3n) is 7.21. The number of benzene rings is 1. The molecule has 2 rings (SSSR count). The van der Waals surface area contributed by atoms with Crippen molar-refractivity contribution in [2.24, 2.45) is 11.3 Å². The number of hydrogen-bond donors (Lipinski definition) is 4. The molecular formula is C26H39BN4O4. The number of nitrogens with one attached hydrogen (secondary N) is 2. The molecule has 0 aliphatic rings. The lowest BCUT2D eigenvalue weighted by molar-refractivity contribution is -0.124. The second-order valence-electron chi connectivity index (χ2n) is 9.79. The largest absolute Gasteiger partial charge is 0.476 e. The van der Waals surface area contributed by atoms with Crippen molar-refractivity contribution in [3.8, 4) is 0 Å². The zero-order chi connectivity index (χ0) is 29.1. The molecule has 0 fully saturated rings. The minimum absolute atomic E-state index is 0.00580. The fourth-order valence-electron chi connectivity index (χ4n) is 3.85. The molecule has 0 saturated heterocycles. The first-order valence-electron chi connectivity index (χ1n) is 13.4. The predicted octanol–water partition coefficient (Wildman–Crippen LogP) is 2.62. The first-order chi connectivity index (χ1) is 17.5. The Balaban J connectivity index is 2.53. The van der Waals surface area contributed by atoms with E-state index in [1.165, 1.54) is 6.20 Å². The number of carbonyl (C=O) groups excluding carboxylic acids is 2. The maximum absolute atomic E-state index is 13.6. The lowest BCUT2D eigenvalue weighted by Crippen LogP contribution is -2.60. The van der Waals surface area contributed by atoms with Gasteiger partial charge in [-0.25, -0.2) is 4.98 Å². The molecule has 0 radical (unpaired) electrons. The van der Waals surface area contributed by atoms with Gasteiger partial charge in [0.05, 0.1) is 27.6 Å². The van der Waals surface area contributed by atoms with Crippen LogP contribution in [0.1, 0.15) is 76.8 Å². The minimum atomic E-state index is -1.86. The molecule has 0 bridgehead atoms. The first-order valence-corrected chi connectivity index (χ1v) is 11.9. The molecule has 2 amide bonds. The van der Waals surface area contributed by atoms with Crippen molar-refractivity contribution in [1.82, 2.24) is 20.6 Å². The van der Waals surface area contributed by atoms with Crippen molar-refractivity contribution >= 4 is 18.9 Å². The van der Waals surface area contributed by atoms with E-state index in [1.807, 2.05) is 27.7 Å². The van der Waals surface area contributed by atoms with Gasteiger partial charge in [-0.3, -0.25) is 14.6 Å². The molecule has 9 heteroatoms. The highest BCUT2D eigenvalue weighted by Gasteiger charge is 2.43. The van der Waals surface area contributed by atoms with E-state index < -0.39 is 36.3 Å². The summed E-state index contributed by atoms with van der Waals surface area (Å²) in [5.41, 5.74) is 1.94. The third-order valence-corrected chi connectivity index (χ3v) is 7.21. The SMILES string of the molecule is [2H]c1c([2H])c(C)c(C)c(C[C@H](NC(=O)c2cnc(C)c(C)n2)C(=O)N[C@H](B(O)O)C(C)(C)C(C)CC)c1[2H].